The van der Waals surface area contributed by atoms with E-state index in [1.807, 2.05) is 6.92 Å². The number of ether oxygens (including phenoxy) is 1. The van der Waals surface area contributed by atoms with Crippen molar-refractivity contribution in [2.45, 2.75) is 34.2 Å². The van der Waals surface area contributed by atoms with Gasteiger partial charge in [0.2, 0.25) is 0 Å². The van der Waals surface area contributed by atoms with Crippen LogP contribution in [0.3, 0.4) is 0 Å². The molecule has 0 radical (unpaired) electrons. The summed E-state index contributed by atoms with van der Waals surface area (Å²) in [6.45, 7) is 8.96. The van der Waals surface area contributed by atoms with E-state index in [0.717, 1.165) is 6.54 Å². The molecule has 0 saturated carbocycles. The number of hydrogen-bond acceptors (Lipinski definition) is 3. The molecule has 0 aromatic carbocycles. The summed E-state index contributed by atoms with van der Waals surface area (Å²) < 4.78 is 7.13. The van der Waals surface area contributed by atoms with E-state index in [0.29, 0.717) is 24.0 Å². The highest BCUT2D eigenvalue weighted by molar-refractivity contribution is 5.94. The van der Waals surface area contributed by atoms with Gasteiger partial charge in [-0.1, -0.05) is 13.8 Å². The zero-order valence-electron chi connectivity index (χ0n) is 9.78. The van der Waals surface area contributed by atoms with Gasteiger partial charge in [0.25, 0.3) is 0 Å². The molecule has 84 valence electrons. The minimum Gasteiger partial charge on any atom is -0.490 e. The van der Waals surface area contributed by atoms with E-state index < -0.39 is 0 Å². The summed E-state index contributed by atoms with van der Waals surface area (Å²) in [5.74, 6) is 1.03. The molecule has 1 aromatic rings. The molecule has 1 aromatic heterocycles. The lowest BCUT2D eigenvalue weighted by Crippen LogP contribution is -2.06. The van der Waals surface area contributed by atoms with Crippen molar-refractivity contribution in [3.05, 3.63) is 11.9 Å². The molecule has 1 rings (SSSR count). The zero-order chi connectivity index (χ0) is 11.4. The molecule has 0 aliphatic heterocycles. The fourth-order valence-corrected chi connectivity index (χ4v) is 1.38. The molecule has 0 spiro atoms. The first kappa shape index (κ1) is 11.8. The maximum absolute atomic E-state index is 11.3. The Labute approximate surface area is 90.2 Å². The van der Waals surface area contributed by atoms with Crippen molar-refractivity contribution in [3.63, 3.8) is 0 Å². The van der Waals surface area contributed by atoms with Crippen LogP contribution < -0.4 is 4.74 Å². The Balaban J connectivity index is 2.93. The smallest absolute Gasteiger partial charge is 0.183 e. The van der Waals surface area contributed by atoms with Crippen LogP contribution in [-0.2, 0) is 6.54 Å². The minimum absolute atomic E-state index is 0.0547. The van der Waals surface area contributed by atoms with Gasteiger partial charge < -0.3 is 4.74 Å². The summed E-state index contributed by atoms with van der Waals surface area (Å²) in [7, 11) is 0. The topological polar surface area (TPSA) is 44.1 Å². The molecule has 0 N–H and O–H groups in total. The van der Waals surface area contributed by atoms with Gasteiger partial charge in [-0.2, -0.15) is 5.10 Å². The number of carbonyl (C=O) groups is 1. The molecule has 1 heterocycles. The normalized spacial score (nSPS) is 10.7. The average molecular weight is 210 g/mol. The number of rotatable bonds is 5. The van der Waals surface area contributed by atoms with Crippen LogP contribution in [0.1, 0.15) is 38.2 Å². The fourth-order valence-electron chi connectivity index (χ4n) is 1.38. The predicted octanol–water partition coefficient (Wildman–Crippen LogP) is 2.14. The van der Waals surface area contributed by atoms with Gasteiger partial charge in [-0.25, -0.2) is 0 Å². The maximum atomic E-state index is 11.3. The van der Waals surface area contributed by atoms with E-state index in [1.165, 1.54) is 6.92 Å². The van der Waals surface area contributed by atoms with Crippen LogP contribution >= 0.6 is 0 Å². The van der Waals surface area contributed by atoms with Crippen molar-refractivity contribution in [3.8, 4) is 5.75 Å². The van der Waals surface area contributed by atoms with E-state index in [1.54, 1.807) is 10.9 Å². The van der Waals surface area contributed by atoms with Crippen molar-refractivity contribution in [2.75, 3.05) is 6.61 Å². The maximum Gasteiger partial charge on any atom is 0.183 e. The van der Waals surface area contributed by atoms with Crippen molar-refractivity contribution < 1.29 is 9.53 Å². The molecule has 15 heavy (non-hydrogen) atoms. The largest absolute Gasteiger partial charge is 0.490 e. The number of carbonyl (C=O) groups excluding carboxylic acids is 1. The summed E-state index contributed by atoms with van der Waals surface area (Å²) in [5, 5.41) is 4.21. The lowest BCUT2D eigenvalue weighted by molar-refractivity contribution is 0.100. The molecule has 4 nitrogen and oxygen atoms in total. The third kappa shape index (κ3) is 3.08. The van der Waals surface area contributed by atoms with Crippen molar-refractivity contribution in [1.29, 1.82) is 0 Å². The standard InChI is InChI=1S/C11H18N2O2/c1-5-15-10-7-13(6-8(2)3)12-11(10)9(4)14/h7-8H,5-6H2,1-4H3. The van der Waals surface area contributed by atoms with E-state index in [2.05, 4.69) is 18.9 Å². The Morgan fingerprint density at radius 2 is 2.27 bits per heavy atom. The Hall–Kier alpha value is -1.32. The first-order valence-electron chi connectivity index (χ1n) is 5.25. The van der Waals surface area contributed by atoms with E-state index in [4.69, 9.17) is 4.74 Å². The second-order valence-electron chi connectivity index (χ2n) is 3.95. The molecule has 0 unspecified atom stereocenters. The van der Waals surface area contributed by atoms with Crippen molar-refractivity contribution in [2.24, 2.45) is 5.92 Å². The van der Waals surface area contributed by atoms with Gasteiger partial charge in [0.05, 0.1) is 12.8 Å². The van der Waals surface area contributed by atoms with Crippen LogP contribution in [-0.4, -0.2) is 22.2 Å². The summed E-state index contributed by atoms with van der Waals surface area (Å²) in [6.07, 6.45) is 1.79. The quantitative estimate of drug-likeness (QED) is 0.699. The third-order valence-corrected chi connectivity index (χ3v) is 1.91. The monoisotopic (exact) mass is 210 g/mol. The molecule has 0 aliphatic rings. The Morgan fingerprint density at radius 1 is 1.60 bits per heavy atom. The van der Waals surface area contributed by atoms with Crippen LogP contribution in [0, 0.1) is 5.92 Å². The van der Waals surface area contributed by atoms with Gasteiger partial charge in [-0.15, -0.1) is 0 Å². The van der Waals surface area contributed by atoms with Gasteiger partial charge in [0.15, 0.2) is 17.2 Å². The number of Topliss-reactive ketones (excluding diaryl/α,β-unsaturated/α-hetero) is 1. The average Bonchev–Trinajstić information content (AvgIpc) is 2.47. The minimum atomic E-state index is -0.0547. The van der Waals surface area contributed by atoms with E-state index in [9.17, 15) is 4.79 Å². The number of hydrogen-bond donors (Lipinski definition) is 0. The highest BCUT2D eigenvalue weighted by Crippen LogP contribution is 2.18. The summed E-state index contributed by atoms with van der Waals surface area (Å²) in [5.41, 5.74) is 0.428. The van der Waals surface area contributed by atoms with E-state index in [-0.39, 0.29) is 5.78 Å². The lowest BCUT2D eigenvalue weighted by Gasteiger charge is -2.03. The Kier molecular flexibility index (Phi) is 3.88. The molecule has 0 atom stereocenters. The van der Waals surface area contributed by atoms with Crippen LogP contribution in [0.15, 0.2) is 6.20 Å². The Morgan fingerprint density at radius 3 is 2.73 bits per heavy atom. The van der Waals surface area contributed by atoms with Gasteiger partial charge in [0.1, 0.15) is 0 Å². The van der Waals surface area contributed by atoms with Crippen LogP contribution in [0.25, 0.3) is 0 Å². The molecular weight excluding hydrogens is 192 g/mol. The van der Waals surface area contributed by atoms with Crippen molar-refractivity contribution in [1.82, 2.24) is 9.78 Å². The summed E-state index contributed by atoms with van der Waals surface area (Å²) >= 11 is 0. The first-order chi connectivity index (χ1) is 7.04. The van der Waals surface area contributed by atoms with Crippen LogP contribution in [0.5, 0.6) is 5.75 Å². The third-order valence-electron chi connectivity index (χ3n) is 1.91. The second-order valence-corrected chi connectivity index (χ2v) is 3.95. The molecule has 0 amide bonds. The Bertz CT molecular complexity index is 342. The summed E-state index contributed by atoms with van der Waals surface area (Å²) in [6, 6.07) is 0. The molecule has 0 aliphatic carbocycles. The highest BCUT2D eigenvalue weighted by Gasteiger charge is 2.14. The second kappa shape index (κ2) is 4.96. The van der Waals surface area contributed by atoms with Crippen molar-refractivity contribution >= 4 is 5.78 Å². The van der Waals surface area contributed by atoms with Gasteiger partial charge in [0, 0.05) is 13.5 Å². The summed E-state index contributed by atoms with van der Waals surface area (Å²) in [4.78, 5) is 11.3. The SMILES string of the molecule is CCOc1cn(CC(C)C)nc1C(C)=O. The first-order valence-corrected chi connectivity index (χ1v) is 5.25. The fraction of sp³-hybridized carbons (Fsp3) is 0.636. The molecule has 0 fully saturated rings. The van der Waals surface area contributed by atoms with Crippen LogP contribution in [0.4, 0.5) is 0 Å². The van der Waals surface area contributed by atoms with Gasteiger partial charge in [-0.3, -0.25) is 9.48 Å². The molecule has 0 bridgehead atoms. The zero-order valence-corrected chi connectivity index (χ0v) is 9.78. The number of aromatic nitrogens is 2. The number of ketones is 1. The number of nitrogens with zero attached hydrogens (tertiary/aromatic N) is 2. The van der Waals surface area contributed by atoms with Gasteiger partial charge >= 0.3 is 0 Å². The van der Waals surface area contributed by atoms with Crippen LogP contribution in [0.2, 0.25) is 0 Å². The highest BCUT2D eigenvalue weighted by atomic mass is 16.5. The van der Waals surface area contributed by atoms with Gasteiger partial charge in [-0.05, 0) is 12.8 Å². The van der Waals surface area contributed by atoms with E-state index >= 15 is 0 Å². The molecule has 0 saturated heterocycles. The lowest BCUT2D eigenvalue weighted by atomic mass is 10.2. The molecule has 4 heteroatoms. The predicted molar refractivity (Wildman–Crippen MR) is 58.2 cm³/mol. The molecular formula is C11H18N2O2.